The highest BCUT2D eigenvalue weighted by molar-refractivity contribution is 5.55. The molecule has 0 saturated carbocycles. The Morgan fingerprint density at radius 3 is 2.32 bits per heavy atom. The summed E-state index contributed by atoms with van der Waals surface area (Å²) in [6.07, 6.45) is 0.902. The van der Waals surface area contributed by atoms with Gasteiger partial charge in [0.2, 0.25) is 0 Å². The minimum atomic E-state index is 0.414. The number of hydrogen-bond donors (Lipinski definition) is 0. The Kier molecular flexibility index (Phi) is 4.00. The minimum absolute atomic E-state index is 0.414. The molecule has 0 aliphatic carbocycles. The lowest BCUT2D eigenvalue weighted by atomic mass is 10.1. The van der Waals surface area contributed by atoms with E-state index in [9.17, 15) is 0 Å². The van der Waals surface area contributed by atoms with Gasteiger partial charge in [0, 0.05) is 25.1 Å². The number of benzene rings is 1. The third kappa shape index (κ3) is 2.84. The van der Waals surface area contributed by atoms with Crippen molar-refractivity contribution in [2.24, 2.45) is 7.05 Å². The van der Waals surface area contributed by atoms with E-state index in [2.05, 4.69) is 67.2 Å². The fourth-order valence-electron chi connectivity index (χ4n) is 2.06. The van der Waals surface area contributed by atoms with Gasteiger partial charge in [-0.15, -0.1) is 0 Å². The first-order valence-electron chi connectivity index (χ1n) is 6.69. The van der Waals surface area contributed by atoms with Crippen LogP contribution in [0.3, 0.4) is 0 Å². The lowest BCUT2D eigenvalue weighted by molar-refractivity contribution is 0.321. The summed E-state index contributed by atoms with van der Waals surface area (Å²) >= 11 is 0. The Balaban J connectivity index is 2.27. The van der Waals surface area contributed by atoms with Crippen LogP contribution in [0.4, 0.5) is 0 Å². The van der Waals surface area contributed by atoms with E-state index in [0.29, 0.717) is 6.04 Å². The second-order valence-electron chi connectivity index (χ2n) is 5.09. The van der Waals surface area contributed by atoms with Gasteiger partial charge in [-0.1, -0.05) is 31.2 Å². The molecule has 0 aliphatic rings. The zero-order valence-corrected chi connectivity index (χ0v) is 12.4. The van der Waals surface area contributed by atoms with E-state index >= 15 is 0 Å². The lowest BCUT2D eigenvalue weighted by Gasteiger charge is -2.20. The van der Waals surface area contributed by atoms with E-state index in [1.807, 2.05) is 11.7 Å². The summed E-state index contributed by atoms with van der Waals surface area (Å²) in [5, 5.41) is 4.46. The number of aryl methyl sites for hydroxylation is 2. The van der Waals surface area contributed by atoms with Crippen LogP contribution in [0.2, 0.25) is 0 Å². The molecule has 102 valence electrons. The molecule has 0 unspecified atom stereocenters. The largest absolute Gasteiger partial charge is 0.303 e. The number of aromatic nitrogens is 3. The highest BCUT2D eigenvalue weighted by Gasteiger charge is 2.10. The van der Waals surface area contributed by atoms with Gasteiger partial charge in [0.15, 0.2) is 5.82 Å². The number of nitrogens with zero attached hydrogens (tertiary/aromatic N) is 4. The Bertz CT molecular complexity index is 540. The van der Waals surface area contributed by atoms with Crippen molar-refractivity contribution >= 4 is 0 Å². The molecule has 2 aromatic rings. The third-order valence-corrected chi connectivity index (χ3v) is 3.60. The molecule has 4 nitrogen and oxygen atoms in total. The third-order valence-electron chi connectivity index (χ3n) is 3.60. The van der Waals surface area contributed by atoms with Gasteiger partial charge in [-0.05, 0) is 26.6 Å². The maximum absolute atomic E-state index is 4.55. The van der Waals surface area contributed by atoms with Crippen molar-refractivity contribution in [1.82, 2.24) is 19.7 Å². The van der Waals surface area contributed by atoms with Gasteiger partial charge in [-0.3, -0.25) is 4.68 Å². The fraction of sp³-hybridized carbons (Fsp3) is 0.467. The van der Waals surface area contributed by atoms with Crippen molar-refractivity contribution in [2.45, 2.75) is 26.3 Å². The van der Waals surface area contributed by atoms with E-state index in [1.165, 1.54) is 5.56 Å². The van der Waals surface area contributed by atoms with Crippen molar-refractivity contribution in [3.05, 3.63) is 35.7 Å². The van der Waals surface area contributed by atoms with E-state index in [1.54, 1.807) is 0 Å². The smallest absolute Gasteiger partial charge is 0.181 e. The van der Waals surface area contributed by atoms with E-state index < -0.39 is 0 Å². The molecule has 0 amide bonds. The first-order chi connectivity index (χ1) is 9.02. The van der Waals surface area contributed by atoms with Crippen molar-refractivity contribution < 1.29 is 0 Å². The van der Waals surface area contributed by atoms with Crippen LogP contribution in [-0.4, -0.2) is 33.8 Å². The molecule has 1 aromatic carbocycles. The first kappa shape index (κ1) is 13.7. The predicted octanol–water partition coefficient (Wildman–Crippen LogP) is 2.67. The van der Waals surface area contributed by atoms with Gasteiger partial charge in [0.1, 0.15) is 5.82 Å². The lowest BCUT2D eigenvalue weighted by Crippen LogP contribution is -2.16. The summed E-state index contributed by atoms with van der Waals surface area (Å²) in [7, 11) is 6.12. The molecule has 0 radical (unpaired) electrons. The van der Waals surface area contributed by atoms with Gasteiger partial charge in [0.25, 0.3) is 0 Å². The van der Waals surface area contributed by atoms with Crippen molar-refractivity contribution in [2.75, 3.05) is 14.1 Å². The molecule has 0 spiro atoms. The maximum Gasteiger partial charge on any atom is 0.181 e. The normalized spacial score (nSPS) is 12.9. The summed E-state index contributed by atoms with van der Waals surface area (Å²) in [4.78, 5) is 6.75. The Morgan fingerprint density at radius 1 is 1.21 bits per heavy atom. The van der Waals surface area contributed by atoms with Crippen LogP contribution >= 0.6 is 0 Å². The standard InChI is InChI=1S/C15H22N4/c1-6-14-16-15(17-19(14)5)13-9-7-12(8-10-13)11(2)18(3)4/h7-11H,6H2,1-5H3/t11-/m1/s1. The molecular formula is C15H22N4. The molecule has 4 heteroatoms. The van der Waals surface area contributed by atoms with Crippen LogP contribution in [0.1, 0.15) is 31.3 Å². The molecule has 0 saturated heterocycles. The van der Waals surface area contributed by atoms with E-state index in [0.717, 1.165) is 23.6 Å². The summed E-state index contributed by atoms with van der Waals surface area (Å²) < 4.78 is 1.85. The fourth-order valence-corrected chi connectivity index (χ4v) is 2.06. The SMILES string of the molecule is CCc1nc(-c2ccc([C@@H](C)N(C)C)cc2)nn1C. The monoisotopic (exact) mass is 258 g/mol. The van der Waals surface area contributed by atoms with Crippen LogP contribution in [0.5, 0.6) is 0 Å². The van der Waals surface area contributed by atoms with Crippen molar-refractivity contribution in [1.29, 1.82) is 0 Å². The molecule has 19 heavy (non-hydrogen) atoms. The van der Waals surface area contributed by atoms with Crippen molar-refractivity contribution in [3.63, 3.8) is 0 Å². The van der Waals surface area contributed by atoms with Crippen LogP contribution in [-0.2, 0) is 13.5 Å². The average Bonchev–Trinajstić information content (AvgIpc) is 2.79. The molecule has 0 aliphatic heterocycles. The quantitative estimate of drug-likeness (QED) is 0.845. The Hall–Kier alpha value is -1.68. The zero-order valence-electron chi connectivity index (χ0n) is 12.4. The summed E-state index contributed by atoms with van der Waals surface area (Å²) in [5.74, 6) is 1.82. The summed E-state index contributed by atoms with van der Waals surface area (Å²) in [6.45, 7) is 4.29. The van der Waals surface area contributed by atoms with Crippen LogP contribution in [0, 0.1) is 0 Å². The second kappa shape index (κ2) is 5.53. The van der Waals surface area contributed by atoms with Gasteiger partial charge < -0.3 is 4.90 Å². The molecule has 1 heterocycles. The summed E-state index contributed by atoms with van der Waals surface area (Å²) in [5.41, 5.74) is 2.38. The highest BCUT2D eigenvalue weighted by atomic mass is 15.3. The van der Waals surface area contributed by atoms with E-state index in [-0.39, 0.29) is 0 Å². The number of hydrogen-bond acceptors (Lipinski definition) is 3. The molecule has 1 atom stereocenters. The van der Waals surface area contributed by atoms with Gasteiger partial charge in [-0.2, -0.15) is 5.10 Å². The Labute approximate surface area is 115 Å². The maximum atomic E-state index is 4.55. The Morgan fingerprint density at radius 2 is 1.84 bits per heavy atom. The average molecular weight is 258 g/mol. The number of rotatable bonds is 4. The van der Waals surface area contributed by atoms with Gasteiger partial charge in [0.05, 0.1) is 0 Å². The predicted molar refractivity (Wildman–Crippen MR) is 77.9 cm³/mol. The molecule has 0 fully saturated rings. The molecule has 0 N–H and O–H groups in total. The molecular weight excluding hydrogens is 236 g/mol. The molecule has 0 bridgehead atoms. The van der Waals surface area contributed by atoms with Gasteiger partial charge in [-0.25, -0.2) is 4.98 Å². The highest BCUT2D eigenvalue weighted by Crippen LogP contribution is 2.21. The molecule has 2 rings (SSSR count). The summed E-state index contributed by atoms with van der Waals surface area (Å²) in [6, 6.07) is 8.93. The minimum Gasteiger partial charge on any atom is -0.303 e. The second-order valence-corrected chi connectivity index (χ2v) is 5.09. The van der Waals surface area contributed by atoms with E-state index in [4.69, 9.17) is 0 Å². The van der Waals surface area contributed by atoms with Crippen LogP contribution in [0.15, 0.2) is 24.3 Å². The van der Waals surface area contributed by atoms with Crippen LogP contribution < -0.4 is 0 Å². The first-order valence-corrected chi connectivity index (χ1v) is 6.69. The molecule has 1 aromatic heterocycles. The van der Waals surface area contributed by atoms with Crippen molar-refractivity contribution in [3.8, 4) is 11.4 Å². The van der Waals surface area contributed by atoms with Crippen LogP contribution in [0.25, 0.3) is 11.4 Å². The van der Waals surface area contributed by atoms with Gasteiger partial charge >= 0.3 is 0 Å². The zero-order chi connectivity index (χ0) is 14.0. The topological polar surface area (TPSA) is 34.0 Å².